The zero-order valence-electron chi connectivity index (χ0n) is 19.3. The van der Waals surface area contributed by atoms with Gasteiger partial charge in [0, 0.05) is 44.3 Å². The third kappa shape index (κ3) is 3.97. The fourth-order valence-corrected chi connectivity index (χ4v) is 6.16. The van der Waals surface area contributed by atoms with Crippen molar-refractivity contribution in [2.75, 3.05) is 44.8 Å². The first-order chi connectivity index (χ1) is 16.0. The second-order valence-corrected chi connectivity index (χ2v) is 9.84. The summed E-state index contributed by atoms with van der Waals surface area (Å²) < 4.78 is 0. The summed E-state index contributed by atoms with van der Waals surface area (Å²) in [5, 5.41) is 2.62. The molecule has 5 rings (SSSR count). The van der Waals surface area contributed by atoms with E-state index in [-0.39, 0.29) is 30.2 Å². The topological polar surface area (TPSA) is 97.0 Å². The normalized spacial score (nSPS) is 28.8. The molecule has 3 saturated heterocycles. The molecular formula is C24H34N6O3. The molecule has 3 aliphatic heterocycles. The summed E-state index contributed by atoms with van der Waals surface area (Å²) in [6, 6.07) is 10.4. The highest BCUT2D eigenvalue weighted by molar-refractivity contribution is 5.96. The first kappa shape index (κ1) is 22.2. The van der Waals surface area contributed by atoms with E-state index in [9.17, 15) is 14.4 Å². The fourth-order valence-electron chi connectivity index (χ4n) is 6.16. The molecule has 3 atom stereocenters. The number of likely N-dealkylation sites (tertiary alicyclic amines) is 1. The number of fused-ring (bicyclic) bond motifs is 1. The molecule has 9 nitrogen and oxygen atoms in total. The van der Waals surface area contributed by atoms with Crippen LogP contribution < -0.4 is 21.1 Å². The molecule has 1 aliphatic carbocycles. The second kappa shape index (κ2) is 8.95. The van der Waals surface area contributed by atoms with Crippen LogP contribution >= 0.6 is 0 Å². The van der Waals surface area contributed by atoms with Gasteiger partial charge in [-0.2, -0.15) is 0 Å². The van der Waals surface area contributed by atoms with E-state index < -0.39 is 5.54 Å². The Morgan fingerprint density at radius 1 is 1.15 bits per heavy atom. The number of nitrogens with one attached hydrogen (secondary N) is 3. The number of piperidine rings is 1. The van der Waals surface area contributed by atoms with Crippen LogP contribution in [-0.4, -0.2) is 79.0 Å². The van der Waals surface area contributed by atoms with E-state index in [2.05, 4.69) is 21.1 Å². The van der Waals surface area contributed by atoms with Crippen LogP contribution in [0.4, 0.5) is 5.69 Å². The molecule has 3 N–H and O–H groups in total. The van der Waals surface area contributed by atoms with Gasteiger partial charge in [0.25, 0.3) is 5.91 Å². The van der Waals surface area contributed by atoms with Crippen molar-refractivity contribution in [3.8, 4) is 0 Å². The van der Waals surface area contributed by atoms with Gasteiger partial charge in [-0.15, -0.1) is 0 Å². The second-order valence-electron chi connectivity index (χ2n) is 9.84. The molecule has 0 aromatic heterocycles. The Morgan fingerprint density at radius 2 is 1.91 bits per heavy atom. The molecule has 0 radical (unpaired) electrons. The summed E-state index contributed by atoms with van der Waals surface area (Å²) in [7, 11) is 1.59. The molecule has 4 aliphatic rings. The summed E-state index contributed by atoms with van der Waals surface area (Å²) in [6.07, 6.45) is 4.04. The SMILES string of the molecule is CNC(=O)CN1CN(c2ccccc2)C2(CCN(C(=O)C3CCC4NNCC4C3)CC2)C1=O. The third-order valence-corrected chi connectivity index (χ3v) is 8.08. The van der Waals surface area contributed by atoms with Crippen LogP contribution in [0.5, 0.6) is 0 Å². The van der Waals surface area contributed by atoms with Gasteiger partial charge in [-0.3, -0.25) is 25.2 Å². The van der Waals surface area contributed by atoms with Crippen molar-refractivity contribution in [3.05, 3.63) is 30.3 Å². The number of rotatable bonds is 4. The van der Waals surface area contributed by atoms with E-state index in [1.54, 1.807) is 11.9 Å². The fraction of sp³-hybridized carbons (Fsp3) is 0.625. The molecule has 0 bridgehead atoms. The van der Waals surface area contributed by atoms with Gasteiger partial charge < -0.3 is 20.0 Å². The van der Waals surface area contributed by atoms with Crippen molar-refractivity contribution in [3.63, 3.8) is 0 Å². The first-order valence-corrected chi connectivity index (χ1v) is 12.1. The lowest BCUT2D eigenvalue weighted by molar-refractivity contribution is -0.142. The number of hydrogen-bond donors (Lipinski definition) is 3. The lowest BCUT2D eigenvalue weighted by Gasteiger charge is -2.44. The van der Waals surface area contributed by atoms with Gasteiger partial charge >= 0.3 is 0 Å². The maximum absolute atomic E-state index is 13.6. The summed E-state index contributed by atoms with van der Waals surface area (Å²) in [6.45, 7) is 2.51. The van der Waals surface area contributed by atoms with Crippen LogP contribution in [-0.2, 0) is 14.4 Å². The van der Waals surface area contributed by atoms with Crippen LogP contribution in [0.1, 0.15) is 32.1 Å². The quantitative estimate of drug-likeness (QED) is 0.605. The number of carbonyl (C=O) groups is 3. The average molecular weight is 455 g/mol. The number of hydrogen-bond acceptors (Lipinski definition) is 6. The number of anilines is 1. The molecule has 1 spiro atoms. The Balaban J connectivity index is 1.30. The zero-order valence-corrected chi connectivity index (χ0v) is 19.3. The number of amides is 3. The molecule has 4 fully saturated rings. The van der Waals surface area contributed by atoms with Gasteiger partial charge in [0.2, 0.25) is 11.8 Å². The number of nitrogens with zero attached hydrogens (tertiary/aromatic N) is 3. The molecule has 1 aromatic rings. The molecule has 3 unspecified atom stereocenters. The number of likely N-dealkylation sites (N-methyl/N-ethyl adjacent to an activating group) is 1. The minimum absolute atomic E-state index is 0.00864. The number of hydrazine groups is 1. The van der Waals surface area contributed by atoms with E-state index in [4.69, 9.17) is 0 Å². The molecule has 1 aromatic carbocycles. The summed E-state index contributed by atoms with van der Waals surface area (Å²) in [5.74, 6) is 0.663. The van der Waals surface area contributed by atoms with Gasteiger partial charge in [-0.05, 0) is 50.2 Å². The van der Waals surface area contributed by atoms with Gasteiger partial charge in [0.1, 0.15) is 12.1 Å². The Morgan fingerprint density at radius 3 is 2.64 bits per heavy atom. The van der Waals surface area contributed by atoms with E-state index >= 15 is 0 Å². The Bertz CT molecular complexity index is 901. The van der Waals surface area contributed by atoms with Crippen LogP contribution in [0.2, 0.25) is 0 Å². The van der Waals surface area contributed by atoms with Crippen molar-refractivity contribution >= 4 is 23.4 Å². The molecule has 33 heavy (non-hydrogen) atoms. The van der Waals surface area contributed by atoms with Gasteiger partial charge in [-0.25, -0.2) is 0 Å². The van der Waals surface area contributed by atoms with Crippen molar-refractivity contribution < 1.29 is 14.4 Å². The highest BCUT2D eigenvalue weighted by atomic mass is 16.2. The lowest BCUT2D eigenvalue weighted by Crippen LogP contribution is -2.58. The lowest BCUT2D eigenvalue weighted by atomic mass is 9.77. The van der Waals surface area contributed by atoms with Gasteiger partial charge in [-0.1, -0.05) is 18.2 Å². The minimum atomic E-state index is -0.705. The first-order valence-electron chi connectivity index (χ1n) is 12.1. The predicted octanol–water partition coefficient (Wildman–Crippen LogP) is 0.293. The van der Waals surface area contributed by atoms with Crippen molar-refractivity contribution in [1.82, 2.24) is 26.0 Å². The largest absolute Gasteiger partial charge is 0.358 e. The maximum atomic E-state index is 13.6. The highest BCUT2D eigenvalue weighted by Gasteiger charge is 2.54. The summed E-state index contributed by atoms with van der Waals surface area (Å²) in [4.78, 5) is 44.8. The van der Waals surface area contributed by atoms with Crippen LogP contribution in [0.15, 0.2) is 30.3 Å². The predicted molar refractivity (Wildman–Crippen MR) is 124 cm³/mol. The van der Waals surface area contributed by atoms with Crippen LogP contribution in [0.25, 0.3) is 0 Å². The highest BCUT2D eigenvalue weighted by Crippen LogP contribution is 2.40. The minimum Gasteiger partial charge on any atom is -0.358 e. The molecule has 3 heterocycles. The van der Waals surface area contributed by atoms with E-state index in [1.807, 2.05) is 35.2 Å². The molecule has 9 heteroatoms. The molecule has 1 saturated carbocycles. The van der Waals surface area contributed by atoms with Crippen LogP contribution in [0, 0.1) is 11.8 Å². The smallest absolute Gasteiger partial charge is 0.250 e. The Kier molecular flexibility index (Phi) is 6.01. The van der Waals surface area contributed by atoms with Gasteiger partial charge in [0.05, 0.1) is 6.67 Å². The Labute approximate surface area is 194 Å². The van der Waals surface area contributed by atoms with Gasteiger partial charge in [0.15, 0.2) is 0 Å². The number of carbonyl (C=O) groups excluding carboxylic acids is 3. The summed E-state index contributed by atoms with van der Waals surface area (Å²) in [5.41, 5.74) is 6.83. The Hall–Kier alpha value is -2.65. The van der Waals surface area contributed by atoms with Crippen molar-refractivity contribution in [2.24, 2.45) is 11.8 Å². The number of benzene rings is 1. The zero-order chi connectivity index (χ0) is 23.0. The van der Waals surface area contributed by atoms with Crippen LogP contribution in [0.3, 0.4) is 0 Å². The number of para-hydroxylation sites is 1. The molecule has 3 amide bonds. The van der Waals surface area contributed by atoms with E-state index in [0.717, 1.165) is 31.5 Å². The van der Waals surface area contributed by atoms with Crippen molar-refractivity contribution in [2.45, 2.75) is 43.7 Å². The maximum Gasteiger partial charge on any atom is 0.250 e. The van der Waals surface area contributed by atoms with E-state index in [0.29, 0.717) is 44.6 Å². The third-order valence-electron chi connectivity index (χ3n) is 8.08. The van der Waals surface area contributed by atoms with E-state index in [1.165, 1.54) is 0 Å². The molecular weight excluding hydrogens is 420 g/mol. The average Bonchev–Trinajstić information content (AvgIpc) is 3.43. The monoisotopic (exact) mass is 454 g/mol. The standard InChI is InChI=1S/C24H34N6O3/c1-25-21(31)15-29-16-30(19-5-3-2-4-6-19)24(23(29)33)9-11-28(12-10-24)22(32)17-7-8-20-18(13-17)14-26-27-20/h2-6,17-18,20,26-27H,7-16H2,1H3,(H,25,31). The van der Waals surface area contributed by atoms with Crippen molar-refractivity contribution in [1.29, 1.82) is 0 Å². The molecule has 178 valence electrons. The summed E-state index contributed by atoms with van der Waals surface area (Å²) >= 11 is 0.